The highest BCUT2D eigenvalue weighted by Gasteiger charge is 2.40. The van der Waals surface area contributed by atoms with Crippen LogP contribution in [0.5, 0.6) is 0 Å². The number of anilines is 2. The maximum atomic E-state index is 10.1. The van der Waals surface area contributed by atoms with E-state index in [2.05, 4.69) is 77.5 Å². The minimum absolute atomic E-state index is 0.0926. The predicted molar refractivity (Wildman–Crippen MR) is 128 cm³/mol. The van der Waals surface area contributed by atoms with Crippen molar-refractivity contribution in [2.75, 3.05) is 26.0 Å². The second-order valence-corrected chi connectivity index (χ2v) is 8.13. The minimum atomic E-state index is 0.0926. The third-order valence-corrected chi connectivity index (χ3v) is 6.14. The average Bonchev–Trinajstić information content (AvgIpc) is 2.97. The van der Waals surface area contributed by atoms with E-state index in [1.165, 1.54) is 48.9 Å². The lowest BCUT2D eigenvalue weighted by atomic mass is 9.95. The maximum absolute atomic E-state index is 10.1. The van der Waals surface area contributed by atoms with Crippen LogP contribution in [0.15, 0.2) is 60.7 Å². The molecule has 1 amide bonds. The molecular weight excluding hydrogens is 370 g/mol. The molecule has 2 aliphatic rings. The van der Waals surface area contributed by atoms with Gasteiger partial charge in [0.2, 0.25) is 5.91 Å². The summed E-state index contributed by atoms with van der Waals surface area (Å²) in [6.07, 6.45) is 5.29. The molecule has 0 aliphatic carbocycles. The summed E-state index contributed by atoms with van der Waals surface area (Å²) in [5.41, 5.74) is 2.64. The first-order chi connectivity index (χ1) is 14.5. The minimum Gasteiger partial charge on any atom is -0.349 e. The van der Waals surface area contributed by atoms with Crippen LogP contribution in [-0.4, -0.2) is 55.0 Å². The molecule has 2 fully saturated rings. The van der Waals surface area contributed by atoms with Crippen LogP contribution in [0.25, 0.3) is 0 Å². The van der Waals surface area contributed by atoms with Crippen LogP contribution in [0.3, 0.4) is 0 Å². The molecule has 0 radical (unpaired) electrons. The molecule has 2 heterocycles. The third kappa shape index (κ3) is 6.09. The van der Waals surface area contributed by atoms with E-state index in [0.29, 0.717) is 6.04 Å². The summed E-state index contributed by atoms with van der Waals surface area (Å²) in [5, 5.41) is 0. The molecule has 0 N–H and O–H groups in total. The van der Waals surface area contributed by atoms with Crippen molar-refractivity contribution in [3.63, 3.8) is 0 Å². The van der Waals surface area contributed by atoms with Crippen molar-refractivity contribution in [1.29, 1.82) is 0 Å². The van der Waals surface area contributed by atoms with E-state index >= 15 is 0 Å². The largest absolute Gasteiger partial charge is 0.349 e. The summed E-state index contributed by atoms with van der Waals surface area (Å²) in [6, 6.07) is 23.9. The number of benzene rings is 2. The van der Waals surface area contributed by atoms with Crippen LogP contribution in [0, 0.1) is 0 Å². The van der Waals surface area contributed by atoms with Gasteiger partial charge in [-0.2, -0.15) is 0 Å². The van der Waals surface area contributed by atoms with Crippen molar-refractivity contribution in [2.24, 2.45) is 0 Å². The van der Waals surface area contributed by atoms with E-state index in [1.54, 1.807) is 14.1 Å². The first-order valence-electron chi connectivity index (χ1n) is 11.3. The summed E-state index contributed by atoms with van der Waals surface area (Å²) in [4.78, 5) is 16.8. The van der Waals surface area contributed by atoms with E-state index in [-0.39, 0.29) is 5.91 Å². The Balaban J connectivity index is 0.000000348. The molecule has 3 atom stereocenters. The van der Waals surface area contributed by atoms with E-state index in [0.717, 1.165) is 12.1 Å². The van der Waals surface area contributed by atoms with Gasteiger partial charge in [0.05, 0.1) is 0 Å². The molecule has 2 saturated heterocycles. The molecule has 1 unspecified atom stereocenters. The Bertz CT molecular complexity index is 694. The van der Waals surface area contributed by atoms with Crippen LogP contribution in [0.4, 0.5) is 11.4 Å². The van der Waals surface area contributed by atoms with E-state index in [9.17, 15) is 4.79 Å². The zero-order valence-corrected chi connectivity index (χ0v) is 19.6. The highest BCUT2D eigenvalue weighted by molar-refractivity contribution is 5.72. The maximum Gasteiger partial charge on any atom is 0.218 e. The number of carbonyl (C=O) groups excluding carboxylic acids is 1. The molecule has 2 aliphatic heterocycles. The molecule has 0 aromatic heterocycles. The molecule has 0 saturated carbocycles. The molecule has 4 heteroatoms. The van der Waals surface area contributed by atoms with Gasteiger partial charge in [0.15, 0.2) is 0 Å². The lowest BCUT2D eigenvalue weighted by molar-refractivity contribution is -0.126. The Morgan fingerprint density at radius 1 is 0.833 bits per heavy atom. The molecule has 164 valence electrons. The Morgan fingerprint density at radius 2 is 1.20 bits per heavy atom. The quantitative estimate of drug-likeness (QED) is 0.663. The normalized spacial score (nSPS) is 22.1. The molecule has 0 spiro atoms. The van der Waals surface area contributed by atoms with Gasteiger partial charge in [-0.1, -0.05) is 50.2 Å². The molecule has 4 nitrogen and oxygen atoms in total. The predicted octanol–water partition coefficient (Wildman–Crippen LogP) is 5.57. The summed E-state index contributed by atoms with van der Waals surface area (Å²) in [5.74, 6) is 0.0926. The second kappa shape index (κ2) is 11.8. The fourth-order valence-corrected chi connectivity index (χ4v) is 4.34. The van der Waals surface area contributed by atoms with Gasteiger partial charge in [-0.05, 0) is 57.0 Å². The van der Waals surface area contributed by atoms with Crippen LogP contribution >= 0.6 is 0 Å². The van der Waals surface area contributed by atoms with Crippen molar-refractivity contribution in [3.8, 4) is 0 Å². The highest BCUT2D eigenvalue weighted by atomic mass is 16.2. The van der Waals surface area contributed by atoms with Crippen molar-refractivity contribution in [1.82, 2.24) is 9.80 Å². The van der Waals surface area contributed by atoms with Gasteiger partial charge in [-0.3, -0.25) is 4.79 Å². The monoisotopic (exact) mass is 409 g/mol. The number of hydrogen-bond acceptors (Lipinski definition) is 3. The molecule has 2 aromatic rings. The average molecular weight is 410 g/mol. The van der Waals surface area contributed by atoms with Crippen LogP contribution in [0.1, 0.15) is 46.5 Å². The Kier molecular flexibility index (Phi) is 9.38. The van der Waals surface area contributed by atoms with Crippen LogP contribution < -0.4 is 4.90 Å². The van der Waals surface area contributed by atoms with E-state index in [4.69, 9.17) is 0 Å². The number of amides is 1. The molecule has 30 heavy (non-hydrogen) atoms. The zero-order chi connectivity index (χ0) is 22.1. The Labute approximate surface area is 183 Å². The number of para-hydroxylation sites is 2. The topological polar surface area (TPSA) is 26.8 Å². The first-order valence-corrected chi connectivity index (χ1v) is 11.3. The second-order valence-electron chi connectivity index (χ2n) is 8.13. The summed E-state index contributed by atoms with van der Waals surface area (Å²) < 4.78 is 0. The molecule has 4 rings (SSSR count). The Morgan fingerprint density at radius 3 is 1.53 bits per heavy atom. The van der Waals surface area contributed by atoms with Crippen molar-refractivity contribution < 1.29 is 4.79 Å². The third-order valence-electron chi connectivity index (χ3n) is 6.14. The van der Waals surface area contributed by atoms with Gasteiger partial charge in [-0.15, -0.1) is 0 Å². The first kappa shape index (κ1) is 23.9. The van der Waals surface area contributed by atoms with Crippen molar-refractivity contribution >= 4 is 17.3 Å². The molecule has 2 bridgehead atoms. The Hall–Kier alpha value is -2.33. The number of fused-ring (bicyclic) bond motifs is 2. The smallest absolute Gasteiger partial charge is 0.218 e. The highest BCUT2D eigenvalue weighted by Crippen LogP contribution is 2.40. The van der Waals surface area contributed by atoms with Gasteiger partial charge in [0.25, 0.3) is 0 Å². The lowest BCUT2D eigenvalue weighted by Crippen LogP contribution is -2.47. The van der Waals surface area contributed by atoms with Crippen molar-refractivity contribution in [3.05, 3.63) is 60.7 Å². The van der Waals surface area contributed by atoms with Gasteiger partial charge in [0, 0.05) is 50.5 Å². The zero-order valence-electron chi connectivity index (χ0n) is 19.6. The SMILES string of the molecule is CC.CC(=O)N(C)C.CN1[C@@H]2CC[C@H]1CC(N(c1ccccc1)c1ccccc1)C2. The van der Waals surface area contributed by atoms with Gasteiger partial charge < -0.3 is 14.7 Å². The number of nitrogens with zero attached hydrogens (tertiary/aromatic N) is 3. The standard InChI is InChI=1S/C20H24N2.C4H9NO.C2H6/c1-21-18-12-13-19(21)15-20(14-18)22(16-8-4-2-5-9-16)17-10-6-3-7-11-17;1-4(6)5(2)3;1-2/h2-11,18-20H,12-15H2,1H3;1-3H3;1-2H3/t18-,19+,20?;;. The van der Waals surface area contributed by atoms with Gasteiger partial charge in [-0.25, -0.2) is 0 Å². The lowest BCUT2D eigenvalue weighted by Gasteiger charge is -2.43. The summed E-state index contributed by atoms with van der Waals surface area (Å²) in [7, 11) is 5.76. The number of carbonyl (C=O) groups is 1. The number of hydrogen-bond donors (Lipinski definition) is 0. The fourth-order valence-electron chi connectivity index (χ4n) is 4.34. The van der Waals surface area contributed by atoms with Crippen molar-refractivity contribution in [2.45, 2.75) is 64.6 Å². The van der Waals surface area contributed by atoms with Crippen LogP contribution in [-0.2, 0) is 4.79 Å². The summed E-state index contributed by atoms with van der Waals surface area (Å²) >= 11 is 0. The molecule has 2 aromatic carbocycles. The van der Waals surface area contributed by atoms with Gasteiger partial charge in [0.1, 0.15) is 0 Å². The van der Waals surface area contributed by atoms with Crippen LogP contribution in [0.2, 0.25) is 0 Å². The summed E-state index contributed by atoms with van der Waals surface area (Å²) in [6.45, 7) is 5.53. The number of piperidine rings is 1. The van der Waals surface area contributed by atoms with E-state index in [1.807, 2.05) is 13.8 Å². The van der Waals surface area contributed by atoms with Gasteiger partial charge >= 0.3 is 0 Å². The fraction of sp³-hybridized carbons (Fsp3) is 0.500. The molecular formula is C26H39N3O. The van der Waals surface area contributed by atoms with E-state index < -0.39 is 0 Å². The number of rotatable bonds is 3.